The highest BCUT2D eigenvalue weighted by Gasteiger charge is 2.21. The Hall–Kier alpha value is -0.0400. The Morgan fingerprint density at radius 3 is 1.67 bits per heavy atom. The first-order chi connectivity index (χ1) is 8.68. The SMILES string of the molecule is CCCCCCCNC(C)(CCCC)CCCC. The highest BCUT2D eigenvalue weighted by Crippen LogP contribution is 2.21. The van der Waals surface area contributed by atoms with Gasteiger partial charge in [0, 0.05) is 5.54 Å². The van der Waals surface area contributed by atoms with E-state index in [2.05, 4.69) is 33.0 Å². The molecule has 18 heavy (non-hydrogen) atoms. The molecule has 0 spiro atoms. The Balaban J connectivity index is 3.77. The molecule has 0 saturated carbocycles. The van der Waals surface area contributed by atoms with Crippen molar-refractivity contribution in [2.75, 3.05) is 6.54 Å². The van der Waals surface area contributed by atoms with Crippen LogP contribution in [0.5, 0.6) is 0 Å². The molecule has 110 valence electrons. The van der Waals surface area contributed by atoms with Crippen molar-refractivity contribution in [1.29, 1.82) is 0 Å². The van der Waals surface area contributed by atoms with Crippen molar-refractivity contribution in [3.05, 3.63) is 0 Å². The molecule has 0 fully saturated rings. The van der Waals surface area contributed by atoms with Crippen LogP contribution in [0.2, 0.25) is 0 Å². The van der Waals surface area contributed by atoms with Gasteiger partial charge in [0.2, 0.25) is 0 Å². The normalized spacial score (nSPS) is 12.0. The summed E-state index contributed by atoms with van der Waals surface area (Å²) in [7, 11) is 0. The van der Waals surface area contributed by atoms with Gasteiger partial charge in [-0.25, -0.2) is 0 Å². The van der Waals surface area contributed by atoms with Crippen molar-refractivity contribution < 1.29 is 0 Å². The average Bonchev–Trinajstić information content (AvgIpc) is 2.38. The third-order valence-corrected chi connectivity index (χ3v) is 4.00. The van der Waals surface area contributed by atoms with Gasteiger partial charge in [-0.05, 0) is 32.7 Å². The molecule has 0 atom stereocenters. The molecule has 0 aliphatic carbocycles. The molecule has 0 aromatic carbocycles. The molecule has 0 amide bonds. The van der Waals surface area contributed by atoms with Crippen molar-refractivity contribution >= 4 is 0 Å². The summed E-state index contributed by atoms with van der Waals surface area (Å²) in [6.07, 6.45) is 15.0. The zero-order chi connectivity index (χ0) is 13.7. The van der Waals surface area contributed by atoms with E-state index in [4.69, 9.17) is 0 Å². The molecule has 0 bridgehead atoms. The van der Waals surface area contributed by atoms with E-state index in [-0.39, 0.29) is 0 Å². The van der Waals surface area contributed by atoms with Gasteiger partial charge >= 0.3 is 0 Å². The molecule has 0 saturated heterocycles. The maximum atomic E-state index is 3.84. The lowest BCUT2D eigenvalue weighted by molar-refractivity contribution is 0.290. The minimum atomic E-state index is 0.400. The summed E-state index contributed by atoms with van der Waals surface area (Å²) in [6.45, 7) is 10.5. The molecule has 1 nitrogen and oxygen atoms in total. The van der Waals surface area contributed by atoms with E-state index in [0.717, 1.165) is 0 Å². The van der Waals surface area contributed by atoms with E-state index in [0.29, 0.717) is 5.54 Å². The number of unbranched alkanes of at least 4 members (excludes halogenated alkanes) is 6. The van der Waals surface area contributed by atoms with E-state index < -0.39 is 0 Å². The first-order valence-electron chi connectivity index (χ1n) is 8.43. The highest BCUT2D eigenvalue weighted by atomic mass is 15.0. The van der Waals surface area contributed by atoms with Crippen molar-refractivity contribution in [2.45, 2.75) is 104 Å². The first-order valence-corrected chi connectivity index (χ1v) is 8.43. The molecule has 0 aliphatic heterocycles. The van der Waals surface area contributed by atoms with E-state index in [9.17, 15) is 0 Å². The van der Waals surface area contributed by atoms with Crippen LogP contribution in [0.4, 0.5) is 0 Å². The van der Waals surface area contributed by atoms with E-state index in [1.54, 1.807) is 0 Å². The van der Waals surface area contributed by atoms with Crippen LogP contribution in [0, 0.1) is 0 Å². The monoisotopic (exact) mass is 255 g/mol. The molecule has 0 heterocycles. The maximum absolute atomic E-state index is 3.84. The van der Waals surface area contributed by atoms with E-state index >= 15 is 0 Å². The van der Waals surface area contributed by atoms with Gasteiger partial charge in [0.25, 0.3) is 0 Å². The summed E-state index contributed by atoms with van der Waals surface area (Å²) >= 11 is 0. The lowest BCUT2D eigenvalue weighted by Crippen LogP contribution is -2.42. The van der Waals surface area contributed by atoms with Crippen molar-refractivity contribution in [3.63, 3.8) is 0 Å². The summed E-state index contributed by atoms with van der Waals surface area (Å²) < 4.78 is 0. The van der Waals surface area contributed by atoms with Gasteiger partial charge in [0.05, 0.1) is 0 Å². The molecule has 0 aromatic heterocycles. The van der Waals surface area contributed by atoms with Crippen LogP contribution in [0.25, 0.3) is 0 Å². The smallest absolute Gasteiger partial charge is 0.0153 e. The third-order valence-electron chi connectivity index (χ3n) is 4.00. The van der Waals surface area contributed by atoms with Crippen LogP contribution < -0.4 is 5.32 Å². The summed E-state index contributed by atoms with van der Waals surface area (Å²) in [4.78, 5) is 0. The molecular weight excluding hydrogens is 218 g/mol. The molecule has 0 aromatic rings. The predicted molar refractivity (Wildman–Crippen MR) is 84.2 cm³/mol. The fraction of sp³-hybridized carbons (Fsp3) is 1.00. The minimum Gasteiger partial charge on any atom is -0.312 e. The number of nitrogens with one attached hydrogen (secondary N) is 1. The lowest BCUT2D eigenvalue weighted by Gasteiger charge is -2.31. The summed E-state index contributed by atoms with van der Waals surface area (Å²) in [5.74, 6) is 0. The quantitative estimate of drug-likeness (QED) is 0.417. The summed E-state index contributed by atoms with van der Waals surface area (Å²) in [5, 5.41) is 3.84. The van der Waals surface area contributed by atoms with Gasteiger partial charge in [-0.3, -0.25) is 0 Å². The highest BCUT2D eigenvalue weighted by molar-refractivity contribution is 4.82. The molecule has 0 radical (unpaired) electrons. The van der Waals surface area contributed by atoms with Crippen LogP contribution in [0.1, 0.15) is 98.3 Å². The van der Waals surface area contributed by atoms with Gasteiger partial charge in [0.1, 0.15) is 0 Å². The molecule has 0 aliphatic rings. The van der Waals surface area contributed by atoms with E-state index in [1.807, 2.05) is 0 Å². The van der Waals surface area contributed by atoms with Gasteiger partial charge in [-0.1, -0.05) is 72.1 Å². The number of hydrogen-bond acceptors (Lipinski definition) is 1. The Bertz CT molecular complexity index is 157. The lowest BCUT2D eigenvalue weighted by atomic mass is 9.89. The molecule has 1 heteroatoms. The number of rotatable bonds is 13. The third kappa shape index (κ3) is 9.94. The minimum absolute atomic E-state index is 0.400. The standard InChI is InChI=1S/C17H37N/c1-5-8-11-12-13-16-18-17(4,14-9-6-2)15-10-7-3/h18H,5-16H2,1-4H3. The number of hydrogen-bond donors (Lipinski definition) is 1. The maximum Gasteiger partial charge on any atom is 0.0153 e. The Kier molecular flexibility index (Phi) is 12.0. The zero-order valence-corrected chi connectivity index (χ0v) is 13.5. The van der Waals surface area contributed by atoms with Crippen LogP contribution >= 0.6 is 0 Å². The van der Waals surface area contributed by atoms with Gasteiger partial charge in [0.15, 0.2) is 0 Å². The second-order valence-corrected chi connectivity index (χ2v) is 6.11. The van der Waals surface area contributed by atoms with Crippen LogP contribution in [0.15, 0.2) is 0 Å². The summed E-state index contributed by atoms with van der Waals surface area (Å²) in [5.41, 5.74) is 0.400. The van der Waals surface area contributed by atoms with Crippen molar-refractivity contribution in [3.8, 4) is 0 Å². The van der Waals surface area contributed by atoms with E-state index in [1.165, 1.54) is 77.2 Å². The van der Waals surface area contributed by atoms with Crippen molar-refractivity contribution in [2.24, 2.45) is 0 Å². The average molecular weight is 255 g/mol. The fourth-order valence-electron chi connectivity index (χ4n) is 2.55. The Morgan fingerprint density at radius 1 is 0.667 bits per heavy atom. The fourth-order valence-corrected chi connectivity index (χ4v) is 2.55. The molecule has 0 rings (SSSR count). The van der Waals surface area contributed by atoms with Crippen molar-refractivity contribution in [1.82, 2.24) is 5.32 Å². The molecular formula is C17H37N. The zero-order valence-electron chi connectivity index (χ0n) is 13.5. The van der Waals surface area contributed by atoms with Gasteiger partial charge in [-0.15, -0.1) is 0 Å². The van der Waals surface area contributed by atoms with Crippen LogP contribution in [-0.2, 0) is 0 Å². The predicted octanol–water partition coefficient (Wildman–Crippen LogP) is 5.69. The van der Waals surface area contributed by atoms with Crippen LogP contribution in [0.3, 0.4) is 0 Å². The van der Waals surface area contributed by atoms with Gasteiger partial charge in [-0.2, -0.15) is 0 Å². The van der Waals surface area contributed by atoms with Crippen LogP contribution in [-0.4, -0.2) is 12.1 Å². The topological polar surface area (TPSA) is 12.0 Å². The summed E-state index contributed by atoms with van der Waals surface area (Å²) in [6, 6.07) is 0. The second-order valence-electron chi connectivity index (χ2n) is 6.11. The molecule has 1 N–H and O–H groups in total. The largest absolute Gasteiger partial charge is 0.312 e. The second kappa shape index (κ2) is 12.0. The Morgan fingerprint density at radius 2 is 1.17 bits per heavy atom. The molecule has 0 unspecified atom stereocenters. The Labute approximate surface area is 116 Å². The first kappa shape index (κ1) is 18.0. The van der Waals surface area contributed by atoms with Gasteiger partial charge < -0.3 is 5.32 Å².